The third-order valence-corrected chi connectivity index (χ3v) is 5.71. The molecule has 38 heavy (non-hydrogen) atoms. The maximum absolute atomic E-state index is 13.7. The number of hydrogen-bond acceptors (Lipinski definition) is 9. The van der Waals surface area contributed by atoms with E-state index in [1.807, 2.05) is 0 Å². The molecule has 11 heteroatoms. The first kappa shape index (κ1) is 26.0. The number of hydrogen-bond donors (Lipinski definition) is 0. The lowest BCUT2D eigenvalue weighted by Gasteiger charge is -2.07. The number of ketones is 1. The monoisotopic (exact) mass is 517 g/mol. The van der Waals surface area contributed by atoms with Crippen LogP contribution >= 0.6 is 0 Å². The first-order chi connectivity index (χ1) is 18.3. The number of nitro groups is 1. The van der Waals surface area contributed by atoms with Crippen LogP contribution in [-0.2, 0) is 9.47 Å². The fraction of sp³-hybridized carbons (Fsp3) is 0.185. The van der Waals surface area contributed by atoms with E-state index >= 15 is 0 Å². The average Bonchev–Trinajstić information content (AvgIpc) is 3.27. The van der Waals surface area contributed by atoms with E-state index in [1.165, 1.54) is 42.1 Å². The van der Waals surface area contributed by atoms with Crippen LogP contribution in [0, 0.1) is 10.1 Å². The second-order valence-corrected chi connectivity index (χ2v) is 7.93. The molecule has 0 unspecified atom stereocenters. The van der Waals surface area contributed by atoms with Crippen molar-refractivity contribution in [2.45, 2.75) is 13.8 Å². The highest BCUT2D eigenvalue weighted by Gasteiger charge is 2.34. The Morgan fingerprint density at radius 2 is 1.61 bits per heavy atom. The smallest absolute Gasteiger partial charge is 0.341 e. The third-order valence-electron chi connectivity index (χ3n) is 5.71. The minimum atomic E-state index is -0.896. The normalized spacial score (nSPS) is 10.7. The Hall–Kier alpha value is -5.06. The van der Waals surface area contributed by atoms with Crippen molar-refractivity contribution >= 4 is 28.9 Å². The van der Waals surface area contributed by atoms with Gasteiger partial charge in [-0.3, -0.25) is 19.3 Å². The molecule has 0 amide bonds. The van der Waals surface area contributed by atoms with E-state index < -0.39 is 22.6 Å². The van der Waals surface area contributed by atoms with Gasteiger partial charge in [-0.15, -0.1) is 0 Å². The standard InChI is InChI=1S/C27H23N3O8/c1-4-37-26(32)22-21-14-20(17-7-6-8-19(13-17)36-3)28-15-29(21)24(23(22)27(33)38-5-2)25(31)16-9-11-18(12-10-16)30(34)35/h6-15H,4-5H2,1-3H3. The molecule has 2 heterocycles. The summed E-state index contributed by atoms with van der Waals surface area (Å²) in [6.45, 7) is 3.23. The van der Waals surface area contributed by atoms with Gasteiger partial charge in [-0.05, 0) is 44.2 Å². The van der Waals surface area contributed by atoms with Crippen molar-refractivity contribution in [3.8, 4) is 17.0 Å². The summed E-state index contributed by atoms with van der Waals surface area (Å²) < 4.78 is 17.1. The number of nitro benzene ring substituents is 1. The molecule has 0 saturated heterocycles. The topological polar surface area (TPSA) is 139 Å². The van der Waals surface area contributed by atoms with Crippen LogP contribution in [0.1, 0.15) is 50.6 Å². The molecule has 0 atom stereocenters. The number of esters is 2. The van der Waals surface area contributed by atoms with Gasteiger partial charge in [0.15, 0.2) is 0 Å². The second kappa shape index (κ2) is 10.9. The predicted molar refractivity (Wildman–Crippen MR) is 136 cm³/mol. The fourth-order valence-electron chi connectivity index (χ4n) is 4.00. The van der Waals surface area contributed by atoms with Gasteiger partial charge in [-0.25, -0.2) is 14.6 Å². The number of fused-ring (bicyclic) bond motifs is 1. The summed E-state index contributed by atoms with van der Waals surface area (Å²) in [7, 11) is 1.53. The van der Waals surface area contributed by atoms with Crippen LogP contribution in [0.15, 0.2) is 60.9 Å². The summed E-state index contributed by atoms with van der Waals surface area (Å²) in [6, 6.07) is 13.6. The Morgan fingerprint density at radius 1 is 0.947 bits per heavy atom. The van der Waals surface area contributed by atoms with Crippen LogP contribution < -0.4 is 4.74 Å². The van der Waals surface area contributed by atoms with Crippen molar-refractivity contribution in [2.75, 3.05) is 20.3 Å². The van der Waals surface area contributed by atoms with Crippen molar-refractivity contribution < 1.29 is 33.5 Å². The molecule has 0 radical (unpaired) electrons. The minimum Gasteiger partial charge on any atom is -0.497 e. The Morgan fingerprint density at radius 3 is 2.21 bits per heavy atom. The van der Waals surface area contributed by atoms with E-state index in [-0.39, 0.29) is 46.8 Å². The molecule has 2 aromatic heterocycles. The van der Waals surface area contributed by atoms with Crippen molar-refractivity contribution in [1.29, 1.82) is 0 Å². The molecule has 0 N–H and O–H groups in total. The zero-order valence-corrected chi connectivity index (χ0v) is 20.8. The Kier molecular flexibility index (Phi) is 7.47. The highest BCUT2D eigenvalue weighted by Crippen LogP contribution is 2.31. The molecule has 4 aromatic rings. The maximum Gasteiger partial charge on any atom is 0.341 e. The van der Waals surface area contributed by atoms with Crippen molar-refractivity contribution in [3.63, 3.8) is 0 Å². The summed E-state index contributed by atoms with van der Waals surface area (Å²) in [6.07, 6.45) is 1.33. The van der Waals surface area contributed by atoms with Gasteiger partial charge >= 0.3 is 11.9 Å². The first-order valence-electron chi connectivity index (χ1n) is 11.6. The highest BCUT2D eigenvalue weighted by atomic mass is 16.6. The molecule has 0 aliphatic carbocycles. The summed E-state index contributed by atoms with van der Waals surface area (Å²) in [5.41, 5.74) is 0.565. The average molecular weight is 517 g/mol. The number of non-ortho nitro benzene ring substituents is 1. The lowest BCUT2D eigenvalue weighted by Crippen LogP contribution is -2.16. The maximum atomic E-state index is 13.7. The second-order valence-electron chi connectivity index (χ2n) is 7.93. The zero-order valence-electron chi connectivity index (χ0n) is 20.8. The zero-order chi connectivity index (χ0) is 27.4. The van der Waals surface area contributed by atoms with Crippen molar-refractivity contribution in [3.05, 3.63) is 93.4 Å². The number of rotatable bonds is 9. The van der Waals surface area contributed by atoms with Gasteiger partial charge in [0.2, 0.25) is 5.78 Å². The summed E-state index contributed by atoms with van der Waals surface area (Å²) in [5, 5.41) is 11.1. The van der Waals surface area contributed by atoms with Crippen LogP contribution in [0.3, 0.4) is 0 Å². The van der Waals surface area contributed by atoms with Gasteiger partial charge in [0, 0.05) is 23.3 Å². The van der Waals surface area contributed by atoms with Crippen LogP contribution in [0.2, 0.25) is 0 Å². The van der Waals surface area contributed by atoms with Crippen LogP contribution in [0.25, 0.3) is 16.8 Å². The number of benzene rings is 2. The molecular weight excluding hydrogens is 494 g/mol. The highest BCUT2D eigenvalue weighted by molar-refractivity contribution is 6.20. The third kappa shape index (κ3) is 4.81. The van der Waals surface area contributed by atoms with Crippen LogP contribution in [-0.4, -0.2) is 52.4 Å². The van der Waals surface area contributed by atoms with E-state index in [4.69, 9.17) is 14.2 Å². The van der Waals surface area contributed by atoms with Gasteiger partial charge in [-0.2, -0.15) is 0 Å². The van der Waals surface area contributed by atoms with E-state index in [9.17, 15) is 24.5 Å². The van der Waals surface area contributed by atoms with Gasteiger partial charge < -0.3 is 14.2 Å². The van der Waals surface area contributed by atoms with Gasteiger partial charge in [0.1, 0.15) is 28.9 Å². The van der Waals surface area contributed by atoms with Crippen LogP contribution in [0.5, 0.6) is 5.75 Å². The molecule has 0 spiro atoms. The molecule has 0 bridgehead atoms. The first-order valence-corrected chi connectivity index (χ1v) is 11.6. The lowest BCUT2D eigenvalue weighted by molar-refractivity contribution is -0.384. The number of carbonyl (C=O) groups excluding carboxylic acids is 3. The number of ether oxygens (including phenoxy) is 3. The molecule has 0 saturated carbocycles. The summed E-state index contributed by atoms with van der Waals surface area (Å²) in [4.78, 5) is 55.0. The van der Waals surface area contributed by atoms with Crippen molar-refractivity contribution in [2.24, 2.45) is 0 Å². The quantitative estimate of drug-likeness (QED) is 0.136. The van der Waals surface area contributed by atoms with E-state index in [0.717, 1.165) is 0 Å². The predicted octanol–water partition coefficient (Wildman–Crippen LogP) is 4.50. The van der Waals surface area contributed by atoms with Gasteiger partial charge in [0.05, 0.1) is 36.5 Å². The number of aromatic nitrogens is 2. The summed E-state index contributed by atoms with van der Waals surface area (Å²) >= 11 is 0. The largest absolute Gasteiger partial charge is 0.497 e. The minimum absolute atomic E-state index is 0.00817. The molecule has 4 rings (SSSR count). The molecule has 2 aromatic carbocycles. The Labute approximate surface area is 216 Å². The molecular formula is C27H23N3O8. The summed E-state index contributed by atoms with van der Waals surface area (Å²) in [5.74, 6) is -1.79. The van der Waals surface area contributed by atoms with E-state index in [1.54, 1.807) is 44.2 Å². The number of carbonyl (C=O) groups is 3. The molecule has 0 fully saturated rings. The van der Waals surface area contributed by atoms with Gasteiger partial charge in [0.25, 0.3) is 5.69 Å². The SMILES string of the molecule is CCOC(=O)c1c(C(=O)OCC)c2cc(-c3cccc(OC)c3)ncn2c1C(=O)c1ccc([N+](=O)[O-])cc1. The lowest BCUT2D eigenvalue weighted by atomic mass is 10.0. The molecule has 11 nitrogen and oxygen atoms in total. The number of methoxy groups -OCH3 is 1. The Balaban J connectivity index is 2.01. The van der Waals surface area contributed by atoms with Crippen LogP contribution in [0.4, 0.5) is 5.69 Å². The van der Waals surface area contributed by atoms with E-state index in [2.05, 4.69) is 4.98 Å². The molecule has 0 aliphatic rings. The van der Waals surface area contributed by atoms with Gasteiger partial charge in [-0.1, -0.05) is 12.1 Å². The number of nitrogens with zero attached hydrogens (tertiary/aromatic N) is 3. The molecule has 194 valence electrons. The fourth-order valence-corrected chi connectivity index (χ4v) is 4.00. The van der Waals surface area contributed by atoms with E-state index in [0.29, 0.717) is 17.0 Å². The molecule has 0 aliphatic heterocycles. The Bertz CT molecular complexity index is 1560. The van der Waals surface area contributed by atoms with Crippen molar-refractivity contribution in [1.82, 2.24) is 9.38 Å².